The molecule has 0 aliphatic heterocycles. The van der Waals surface area contributed by atoms with Crippen LogP contribution in [-0.2, 0) is 0 Å². The molecule has 0 radical (unpaired) electrons. The molecule has 0 spiro atoms. The molecule has 0 amide bonds. The minimum absolute atomic E-state index is 0.104. The highest BCUT2D eigenvalue weighted by Crippen LogP contribution is 2.35. The zero-order chi connectivity index (χ0) is 21.9. The Morgan fingerprint density at radius 1 is 0.581 bits per heavy atom. The van der Waals surface area contributed by atoms with Crippen molar-refractivity contribution in [3.63, 3.8) is 0 Å². The molecule has 0 aliphatic rings. The van der Waals surface area contributed by atoms with E-state index in [2.05, 4.69) is 6.07 Å². The molecule has 31 heavy (non-hydrogen) atoms. The highest BCUT2D eigenvalue weighted by molar-refractivity contribution is 6.09. The van der Waals surface area contributed by atoms with Crippen LogP contribution in [0.1, 0.15) is 5.56 Å². The minimum atomic E-state index is -2.17. The Kier molecular flexibility index (Phi) is 4.32. The molecule has 0 atom stereocenters. The normalized spacial score (nSPS) is 11.5. The van der Waals surface area contributed by atoms with E-state index in [1.807, 2.05) is 47.9 Å². The summed E-state index contributed by atoms with van der Waals surface area (Å²) >= 11 is 0. The van der Waals surface area contributed by atoms with E-state index in [1.54, 1.807) is 12.1 Å². The fourth-order valence-corrected chi connectivity index (χ4v) is 4.00. The van der Waals surface area contributed by atoms with Gasteiger partial charge in [0.15, 0.2) is 23.3 Å². The van der Waals surface area contributed by atoms with E-state index in [0.29, 0.717) is 5.69 Å². The predicted octanol–water partition coefficient (Wildman–Crippen LogP) is 7.45. The van der Waals surface area contributed by atoms with Crippen molar-refractivity contribution < 1.29 is 22.0 Å². The lowest BCUT2D eigenvalue weighted by molar-refractivity contribution is 0.381. The zero-order valence-electron chi connectivity index (χ0n) is 16.2. The molecular weight excluding hydrogens is 409 g/mol. The first kappa shape index (κ1) is 19.3. The maximum Gasteiger partial charge on any atom is 0.200 e. The Balaban J connectivity index is 1.72. The maximum absolute atomic E-state index is 14.2. The number of hydrogen-bond donors (Lipinski definition) is 0. The van der Waals surface area contributed by atoms with Crippen molar-refractivity contribution >= 4 is 21.8 Å². The summed E-state index contributed by atoms with van der Waals surface area (Å²) < 4.78 is 70.9. The first-order chi connectivity index (χ1) is 14.9. The van der Waals surface area contributed by atoms with Gasteiger partial charge >= 0.3 is 0 Å². The second-order valence-electron chi connectivity index (χ2n) is 7.36. The first-order valence-electron chi connectivity index (χ1n) is 9.50. The van der Waals surface area contributed by atoms with Crippen LogP contribution in [0.5, 0.6) is 0 Å². The number of fused-ring (bicyclic) bond motifs is 3. The standard InChI is InChI=1S/C25H14F5N/c1-13-6-11-19-17(12-13)16-4-2-3-5-18(16)31(19)15-9-7-14(8-10-15)20-21(26)23(28)25(30)24(29)22(20)27/h2-12H,1H3. The lowest BCUT2D eigenvalue weighted by atomic mass is 10.0. The molecule has 0 unspecified atom stereocenters. The van der Waals surface area contributed by atoms with Gasteiger partial charge in [-0.3, -0.25) is 0 Å². The van der Waals surface area contributed by atoms with E-state index in [-0.39, 0.29) is 5.56 Å². The molecule has 4 aromatic carbocycles. The topological polar surface area (TPSA) is 4.93 Å². The first-order valence-corrected chi connectivity index (χ1v) is 9.50. The van der Waals surface area contributed by atoms with Crippen molar-refractivity contribution in [3.8, 4) is 16.8 Å². The van der Waals surface area contributed by atoms with Gasteiger partial charge < -0.3 is 4.57 Å². The van der Waals surface area contributed by atoms with Crippen LogP contribution < -0.4 is 0 Å². The van der Waals surface area contributed by atoms with Crippen LogP contribution in [0, 0.1) is 36.0 Å². The van der Waals surface area contributed by atoms with Crippen molar-refractivity contribution in [1.82, 2.24) is 4.57 Å². The van der Waals surface area contributed by atoms with E-state index < -0.39 is 34.6 Å². The average molecular weight is 423 g/mol. The van der Waals surface area contributed by atoms with Crippen molar-refractivity contribution in [2.75, 3.05) is 0 Å². The third kappa shape index (κ3) is 2.82. The SMILES string of the molecule is Cc1ccc2c(c1)c1ccccc1n2-c1ccc(-c2c(F)c(F)c(F)c(F)c2F)cc1. The number of rotatable bonds is 2. The number of halogens is 5. The van der Waals surface area contributed by atoms with Crippen LogP contribution in [0.15, 0.2) is 66.7 Å². The molecule has 0 saturated carbocycles. The van der Waals surface area contributed by atoms with Gasteiger partial charge in [-0.15, -0.1) is 0 Å². The molecule has 5 rings (SSSR count). The van der Waals surface area contributed by atoms with E-state index in [9.17, 15) is 22.0 Å². The van der Waals surface area contributed by atoms with Gasteiger partial charge in [0, 0.05) is 16.5 Å². The lowest BCUT2D eigenvalue weighted by Crippen LogP contribution is -2.04. The molecule has 0 saturated heterocycles. The molecular formula is C25H14F5N. The van der Waals surface area contributed by atoms with Gasteiger partial charge in [0.1, 0.15) is 0 Å². The Labute approximate surface area is 174 Å². The number of nitrogens with zero attached hydrogens (tertiary/aromatic N) is 1. The summed E-state index contributed by atoms with van der Waals surface area (Å²) in [7, 11) is 0. The molecule has 0 aliphatic carbocycles. The van der Waals surface area contributed by atoms with Crippen LogP contribution >= 0.6 is 0 Å². The predicted molar refractivity (Wildman–Crippen MR) is 111 cm³/mol. The van der Waals surface area contributed by atoms with Crippen LogP contribution in [-0.4, -0.2) is 4.57 Å². The van der Waals surface area contributed by atoms with Crippen LogP contribution in [0.25, 0.3) is 38.6 Å². The summed E-state index contributed by atoms with van der Waals surface area (Å²) in [6.45, 7) is 2.00. The summed E-state index contributed by atoms with van der Waals surface area (Å²) in [5, 5.41) is 2.10. The van der Waals surface area contributed by atoms with E-state index in [4.69, 9.17) is 0 Å². The summed E-state index contributed by atoms with van der Waals surface area (Å²) in [6, 6.07) is 19.8. The molecule has 1 nitrogen and oxygen atoms in total. The summed E-state index contributed by atoms with van der Waals surface area (Å²) in [4.78, 5) is 0. The highest BCUT2D eigenvalue weighted by Gasteiger charge is 2.26. The molecule has 0 bridgehead atoms. The Morgan fingerprint density at radius 2 is 1.16 bits per heavy atom. The molecule has 6 heteroatoms. The van der Waals surface area contributed by atoms with Crippen LogP contribution in [0.3, 0.4) is 0 Å². The monoisotopic (exact) mass is 423 g/mol. The smallest absolute Gasteiger partial charge is 0.200 e. The molecule has 154 valence electrons. The number of para-hydroxylation sites is 1. The van der Waals surface area contributed by atoms with Gasteiger partial charge in [-0.05, 0) is 42.8 Å². The van der Waals surface area contributed by atoms with Crippen molar-refractivity contribution in [2.24, 2.45) is 0 Å². The minimum Gasteiger partial charge on any atom is -0.309 e. The van der Waals surface area contributed by atoms with E-state index >= 15 is 0 Å². The Bertz CT molecular complexity index is 1450. The quantitative estimate of drug-likeness (QED) is 0.158. The van der Waals surface area contributed by atoms with Gasteiger partial charge in [-0.2, -0.15) is 0 Å². The van der Waals surface area contributed by atoms with Crippen molar-refractivity contribution in [3.05, 3.63) is 101 Å². The average Bonchev–Trinajstić information content (AvgIpc) is 3.11. The molecule has 1 aromatic heterocycles. The number of hydrogen-bond acceptors (Lipinski definition) is 0. The zero-order valence-corrected chi connectivity index (χ0v) is 16.2. The molecule has 1 heterocycles. The number of aryl methyl sites for hydroxylation is 1. The third-order valence-corrected chi connectivity index (χ3v) is 5.45. The molecule has 0 N–H and O–H groups in total. The largest absolute Gasteiger partial charge is 0.309 e. The fourth-order valence-electron chi connectivity index (χ4n) is 4.00. The van der Waals surface area contributed by atoms with Gasteiger partial charge in [0.2, 0.25) is 5.82 Å². The summed E-state index contributed by atoms with van der Waals surface area (Å²) in [5.74, 6) is -9.80. The maximum atomic E-state index is 14.2. The van der Waals surface area contributed by atoms with Gasteiger partial charge in [0.25, 0.3) is 0 Å². The second-order valence-corrected chi connectivity index (χ2v) is 7.36. The van der Waals surface area contributed by atoms with Crippen LogP contribution in [0.4, 0.5) is 22.0 Å². The Hall–Kier alpha value is -3.67. The fraction of sp³-hybridized carbons (Fsp3) is 0.0400. The van der Waals surface area contributed by atoms with Gasteiger partial charge in [0.05, 0.1) is 16.6 Å². The second kappa shape index (κ2) is 6.94. The molecule has 0 fully saturated rings. The van der Waals surface area contributed by atoms with E-state index in [0.717, 1.165) is 27.4 Å². The lowest BCUT2D eigenvalue weighted by Gasteiger charge is -2.11. The highest BCUT2D eigenvalue weighted by atomic mass is 19.2. The summed E-state index contributed by atoms with van der Waals surface area (Å²) in [6.07, 6.45) is 0. The summed E-state index contributed by atoms with van der Waals surface area (Å²) in [5.41, 5.74) is 2.64. The van der Waals surface area contributed by atoms with Crippen molar-refractivity contribution in [2.45, 2.75) is 6.92 Å². The Morgan fingerprint density at radius 3 is 1.84 bits per heavy atom. The number of aromatic nitrogens is 1. The van der Waals surface area contributed by atoms with Gasteiger partial charge in [-0.25, -0.2) is 22.0 Å². The van der Waals surface area contributed by atoms with Crippen molar-refractivity contribution in [1.29, 1.82) is 0 Å². The number of benzene rings is 4. The van der Waals surface area contributed by atoms with Crippen LogP contribution in [0.2, 0.25) is 0 Å². The van der Waals surface area contributed by atoms with E-state index in [1.165, 1.54) is 12.1 Å². The van der Waals surface area contributed by atoms with Gasteiger partial charge in [-0.1, -0.05) is 42.0 Å². The molecule has 5 aromatic rings. The third-order valence-electron chi connectivity index (χ3n) is 5.45.